The molecule has 0 nitrogen and oxygen atoms in total. The zero-order valence-corrected chi connectivity index (χ0v) is 15.8. The molecular weight excluding hydrogens is 326 g/mol. The van der Waals surface area contributed by atoms with Crippen LogP contribution in [0.1, 0.15) is 63.0 Å². The first-order valence-corrected chi connectivity index (χ1v) is 9.88. The van der Waals surface area contributed by atoms with Gasteiger partial charge in [-0.05, 0) is 54.0 Å². The monoisotopic (exact) mass is 356 g/mol. The number of unbranched alkanes of at least 4 members (excludes halogenated alkanes) is 5. The Morgan fingerprint density at radius 1 is 0.692 bits per heavy atom. The molecule has 0 aliphatic rings. The van der Waals surface area contributed by atoms with Crippen LogP contribution in [0.3, 0.4) is 0 Å². The molecule has 0 saturated carbocycles. The Hall–Kier alpha value is -1.96. The van der Waals surface area contributed by atoms with E-state index in [-0.39, 0.29) is 0 Å². The lowest BCUT2D eigenvalue weighted by atomic mass is 9.99. The highest BCUT2D eigenvalue weighted by Crippen LogP contribution is 2.22. The van der Waals surface area contributed by atoms with Crippen molar-refractivity contribution < 1.29 is 8.78 Å². The van der Waals surface area contributed by atoms with E-state index in [9.17, 15) is 8.78 Å². The van der Waals surface area contributed by atoms with Gasteiger partial charge in [0.05, 0.1) is 0 Å². The molecule has 2 aromatic carbocycles. The molecule has 0 aromatic heterocycles. The van der Waals surface area contributed by atoms with Gasteiger partial charge in [-0.3, -0.25) is 0 Å². The topological polar surface area (TPSA) is 0 Å². The standard InChI is InChI=1S/C24H30F2/c1-2-3-4-5-6-7-9-20-12-16-22(17-13-20)23-18-14-21(15-19-23)10-8-11-24(25)26/h11-19H,2-10H2,1H3. The van der Waals surface area contributed by atoms with Gasteiger partial charge in [-0.1, -0.05) is 87.6 Å². The average Bonchev–Trinajstić information content (AvgIpc) is 2.65. The van der Waals surface area contributed by atoms with E-state index in [0.717, 1.165) is 18.1 Å². The van der Waals surface area contributed by atoms with Gasteiger partial charge in [0.1, 0.15) is 0 Å². The number of benzene rings is 2. The lowest BCUT2D eigenvalue weighted by molar-refractivity contribution is 0.417. The van der Waals surface area contributed by atoms with Crippen LogP contribution >= 0.6 is 0 Å². The van der Waals surface area contributed by atoms with Crippen LogP contribution in [0.15, 0.2) is 60.7 Å². The second-order valence-electron chi connectivity index (χ2n) is 6.94. The normalized spacial score (nSPS) is 10.7. The Kier molecular flexibility index (Phi) is 9.09. The minimum absolute atomic E-state index is 0.384. The van der Waals surface area contributed by atoms with Gasteiger partial charge in [-0.25, -0.2) is 0 Å². The Morgan fingerprint density at radius 2 is 1.19 bits per heavy atom. The third-order valence-corrected chi connectivity index (χ3v) is 4.79. The maximum atomic E-state index is 12.1. The van der Waals surface area contributed by atoms with Crippen molar-refractivity contribution >= 4 is 0 Å². The summed E-state index contributed by atoms with van der Waals surface area (Å²) in [6.45, 7) is 2.25. The highest BCUT2D eigenvalue weighted by molar-refractivity contribution is 5.64. The lowest BCUT2D eigenvalue weighted by Gasteiger charge is -2.06. The van der Waals surface area contributed by atoms with Crippen LogP contribution in [0.25, 0.3) is 11.1 Å². The number of halogens is 2. The molecule has 0 atom stereocenters. The molecule has 0 amide bonds. The van der Waals surface area contributed by atoms with E-state index in [1.165, 1.54) is 55.2 Å². The highest BCUT2D eigenvalue weighted by atomic mass is 19.3. The molecule has 0 aliphatic carbocycles. The zero-order valence-electron chi connectivity index (χ0n) is 15.8. The first kappa shape index (κ1) is 20.4. The first-order valence-electron chi connectivity index (χ1n) is 9.88. The van der Waals surface area contributed by atoms with E-state index in [4.69, 9.17) is 0 Å². The number of hydrogen-bond donors (Lipinski definition) is 0. The predicted octanol–water partition coefficient (Wildman–Crippen LogP) is 7.97. The summed E-state index contributed by atoms with van der Waals surface area (Å²) in [6, 6.07) is 17.0. The van der Waals surface area contributed by atoms with Crippen molar-refractivity contribution in [2.75, 3.05) is 0 Å². The van der Waals surface area contributed by atoms with Gasteiger partial charge >= 0.3 is 0 Å². The van der Waals surface area contributed by atoms with Gasteiger partial charge in [0.2, 0.25) is 0 Å². The molecule has 0 heterocycles. The van der Waals surface area contributed by atoms with Crippen LogP contribution in [0, 0.1) is 0 Å². The summed E-state index contributed by atoms with van der Waals surface area (Å²) in [4.78, 5) is 0. The Balaban J connectivity index is 1.81. The van der Waals surface area contributed by atoms with Crippen molar-refractivity contribution in [1.82, 2.24) is 0 Å². The molecule has 2 heteroatoms. The van der Waals surface area contributed by atoms with Crippen molar-refractivity contribution in [3.63, 3.8) is 0 Å². The molecule has 2 aromatic rings. The van der Waals surface area contributed by atoms with Crippen molar-refractivity contribution in [3.8, 4) is 11.1 Å². The molecule has 140 valence electrons. The van der Waals surface area contributed by atoms with E-state index < -0.39 is 6.08 Å². The van der Waals surface area contributed by atoms with Crippen molar-refractivity contribution in [2.45, 2.75) is 64.7 Å². The molecule has 0 fully saturated rings. The SMILES string of the molecule is CCCCCCCCc1ccc(-c2ccc(CCC=C(F)F)cc2)cc1. The molecule has 2 rings (SSSR count). The van der Waals surface area contributed by atoms with Crippen LogP contribution < -0.4 is 0 Å². The molecule has 26 heavy (non-hydrogen) atoms. The fraction of sp³-hybridized carbons (Fsp3) is 0.417. The third kappa shape index (κ3) is 7.51. The van der Waals surface area contributed by atoms with Crippen LogP contribution in [0.4, 0.5) is 8.78 Å². The largest absolute Gasteiger partial charge is 0.266 e. The number of rotatable bonds is 11. The summed E-state index contributed by atoms with van der Waals surface area (Å²) < 4.78 is 24.1. The molecule has 0 radical (unpaired) electrons. The maximum absolute atomic E-state index is 12.1. The van der Waals surface area contributed by atoms with Crippen LogP contribution in [-0.2, 0) is 12.8 Å². The van der Waals surface area contributed by atoms with Crippen molar-refractivity contribution in [3.05, 3.63) is 71.8 Å². The first-order chi connectivity index (χ1) is 12.7. The van der Waals surface area contributed by atoms with Gasteiger partial charge in [-0.15, -0.1) is 0 Å². The van der Waals surface area contributed by atoms with Crippen LogP contribution in [0.5, 0.6) is 0 Å². The van der Waals surface area contributed by atoms with Gasteiger partial charge in [0.25, 0.3) is 6.08 Å². The van der Waals surface area contributed by atoms with Crippen molar-refractivity contribution in [1.29, 1.82) is 0 Å². The summed E-state index contributed by atoms with van der Waals surface area (Å²) in [5.74, 6) is 0. The number of aryl methyl sites for hydroxylation is 2. The molecule has 0 N–H and O–H groups in total. The van der Waals surface area contributed by atoms with Crippen LogP contribution in [0.2, 0.25) is 0 Å². The highest BCUT2D eigenvalue weighted by Gasteiger charge is 2.00. The maximum Gasteiger partial charge on any atom is 0.266 e. The van der Waals surface area contributed by atoms with E-state index in [2.05, 4.69) is 43.3 Å². The molecule has 0 unspecified atom stereocenters. The summed E-state index contributed by atoms with van der Waals surface area (Å²) >= 11 is 0. The minimum Gasteiger partial charge on any atom is -0.174 e. The number of allylic oxidation sites excluding steroid dienone is 1. The minimum atomic E-state index is -1.59. The van der Waals surface area contributed by atoms with E-state index in [1.54, 1.807) is 0 Å². The molecule has 0 spiro atoms. The van der Waals surface area contributed by atoms with Crippen molar-refractivity contribution in [2.24, 2.45) is 0 Å². The summed E-state index contributed by atoms with van der Waals surface area (Å²) in [5.41, 5.74) is 4.87. The zero-order chi connectivity index (χ0) is 18.6. The van der Waals surface area contributed by atoms with E-state index >= 15 is 0 Å². The molecular formula is C24H30F2. The van der Waals surface area contributed by atoms with Gasteiger partial charge in [0.15, 0.2) is 0 Å². The van der Waals surface area contributed by atoms with Gasteiger partial charge < -0.3 is 0 Å². The Bertz CT molecular complexity index is 650. The quantitative estimate of drug-likeness (QED) is 0.358. The van der Waals surface area contributed by atoms with E-state index in [0.29, 0.717) is 12.8 Å². The van der Waals surface area contributed by atoms with Gasteiger partial charge in [0, 0.05) is 0 Å². The molecule has 0 saturated heterocycles. The average molecular weight is 356 g/mol. The fourth-order valence-electron chi connectivity index (χ4n) is 3.19. The summed E-state index contributed by atoms with van der Waals surface area (Å²) in [7, 11) is 0. The smallest absolute Gasteiger partial charge is 0.174 e. The second-order valence-corrected chi connectivity index (χ2v) is 6.94. The Labute approximate surface area is 157 Å². The van der Waals surface area contributed by atoms with Crippen LogP contribution in [-0.4, -0.2) is 0 Å². The third-order valence-electron chi connectivity index (χ3n) is 4.79. The molecule has 0 bridgehead atoms. The fourth-order valence-corrected chi connectivity index (χ4v) is 3.19. The lowest BCUT2D eigenvalue weighted by Crippen LogP contribution is -1.88. The number of hydrogen-bond acceptors (Lipinski definition) is 0. The predicted molar refractivity (Wildman–Crippen MR) is 108 cm³/mol. The molecule has 0 aliphatic heterocycles. The summed E-state index contributed by atoms with van der Waals surface area (Å²) in [5, 5.41) is 0. The van der Waals surface area contributed by atoms with Gasteiger partial charge in [-0.2, -0.15) is 8.78 Å². The van der Waals surface area contributed by atoms with E-state index in [1.807, 2.05) is 12.1 Å². The Morgan fingerprint density at radius 3 is 1.73 bits per heavy atom. The summed E-state index contributed by atoms with van der Waals surface area (Å²) in [6.07, 6.45) is 9.55. The second kappa shape index (κ2) is 11.6.